The quantitative estimate of drug-likeness (QED) is 0.624. The topological polar surface area (TPSA) is 24.7 Å². The van der Waals surface area contributed by atoms with E-state index >= 15 is 0 Å². The van der Waals surface area contributed by atoms with Gasteiger partial charge in [-0.3, -0.25) is 0 Å². The van der Waals surface area contributed by atoms with Gasteiger partial charge in [0.1, 0.15) is 0 Å². The first kappa shape index (κ1) is 12.9. The molecule has 0 saturated heterocycles. The SMILES string of the molecule is CC.CN=C=Nc1ccc(C)cc1Cl. The number of aliphatic imine (C=N–C) groups is 2. The van der Waals surface area contributed by atoms with Crippen LogP contribution < -0.4 is 0 Å². The van der Waals surface area contributed by atoms with E-state index in [1.807, 2.05) is 39.0 Å². The lowest BCUT2D eigenvalue weighted by molar-refractivity contribution is 1.42. The molecule has 76 valence electrons. The number of rotatable bonds is 1. The number of nitrogens with zero attached hydrogens (tertiary/aromatic N) is 2. The second-order valence-electron chi connectivity index (χ2n) is 2.39. The average Bonchev–Trinajstić information content (AvgIpc) is 2.20. The van der Waals surface area contributed by atoms with Crippen LogP contribution in [0.4, 0.5) is 5.69 Å². The third-order valence-corrected chi connectivity index (χ3v) is 1.68. The van der Waals surface area contributed by atoms with Crippen molar-refractivity contribution >= 4 is 23.3 Å². The molecule has 14 heavy (non-hydrogen) atoms. The van der Waals surface area contributed by atoms with Crippen molar-refractivity contribution in [3.63, 3.8) is 0 Å². The molecular weight excluding hydrogens is 196 g/mol. The Morgan fingerprint density at radius 1 is 1.29 bits per heavy atom. The van der Waals surface area contributed by atoms with Crippen molar-refractivity contribution in [2.24, 2.45) is 9.98 Å². The maximum atomic E-state index is 5.89. The standard InChI is InChI=1S/C9H9ClN2.C2H6/c1-7-3-4-9(8(10)5-7)12-6-11-2;1-2/h3-5H,1-2H3;1-2H3. The molecule has 2 nitrogen and oxygen atoms in total. The number of benzene rings is 1. The van der Waals surface area contributed by atoms with Gasteiger partial charge in [0, 0.05) is 7.05 Å². The van der Waals surface area contributed by atoms with Crippen LogP contribution in [0.1, 0.15) is 19.4 Å². The fourth-order valence-electron chi connectivity index (χ4n) is 0.806. The molecule has 0 aliphatic heterocycles. The van der Waals surface area contributed by atoms with Gasteiger partial charge in [0.15, 0.2) is 0 Å². The van der Waals surface area contributed by atoms with Crippen LogP contribution in [0.5, 0.6) is 0 Å². The van der Waals surface area contributed by atoms with E-state index in [9.17, 15) is 0 Å². The molecule has 0 fully saturated rings. The molecule has 0 aliphatic carbocycles. The molecule has 0 N–H and O–H groups in total. The summed E-state index contributed by atoms with van der Waals surface area (Å²) in [6.07, 6.45) is 0. The molecule has 0 saturated carbocycles. The van der Waals surface area contributed by atoms with E-state index in [2.05, 4.69) is 16.0 Å². The third-order valence-electron chi connectivity index (χ3n) is 1.37. The van der Waals surface area contributed by atoms with E-state index in [4.69, 9.17) is 11.6 Å². The zero-order chi connectivity index (χ0) is 11.0. The zero-order valence-corrected chi connectivity index (χ0v) is 9.76. The Balaban J connectivity index is 0.000000791. The van der Waals surface area contributed by atoms with Crippen LogP contribution in [0.2, 0.25) is 5.02 Å². The van der Waals surface area contributed by atoms with Crippen LogP contribution in [0.3, 0.4) is 0 Å². The Bertz CT molecular complexity index is 339. The Morgan fingerprint density at radius 2 is 1.93 bits per heavy atom. The van der Waals surface area contributed by atoms with Gasteiger partial charge in [0.05, 0.1) is 16.7 Å². The third kappa shape index (κ3) is 4.22. The van der Waals surface area contributed by atoms with Crippen molar-refractivity contribution in [1.82, 2.24) is 0 Å². The van der Waals surface area contributed by atoms with Gasteiger partial charge < -0.3 is 0 Å². The van der Waals surface area contributed by atoms with Gasteiger partial charge in [-0.2, -0.15) is 4.99 Å². The first-order valence-electron chi connectivity index (χ1n) is 4.55. The molecule has 0 amide bonds. The molecular formula is C11H15ClN2. The second kappa shape index (κ2) is 7.31. The summed E-state index contributed by atoms with van der Waals surface area (Å²) in [7, 11) is 1.62. The summed E-state index contributed by atoms with van der Waals surface area (Å²) in [5.41, 5.74) is 1.82. The molecule has 1 aromatic rings. The van der Waals surface area contributed by atoms with Crippen molar-refractivity contribution in [2.75, 3.05) is 7.05 Å². The Hall–Kier alpha value is -1.11. The fraction of sp³-hybridized carbons (Fsp3) is 0.364. The molecule has 0 heterocycles. The van der Waals surface area contributed by atoms with E-state index < -0.39 is 0 Å². The molecule has 0 aromatic heterocycles. The number of hydrogen-bond donors (Lipinski definition) is 0. The Kier molecular flexibility index (Phi) is 6.73. The van der Waals surface area contributed by atoms with Gasteiger partial charge in [-0.1, -0.05) is 31.5 Å². The summed E-state index contributed by atoms with van der Waals surface area (Å²) >= 11 is 5.89. The normalized spacial score (nSPS) is 8.07. The van der Waals surface area contributed by atoms with Crippen LogP contribution in [-0.2, 0) is 0 Å². The van der Waals surface area contributed by atoms with E-state index in [1.165, 1.54) is 0 Å². The van der Waals surface area contributed by atoms with E-state index in [-0.39, 0.29) is 0 Å². The van der Waals surface area contributed by atoms with Crippen molar-refractivity contribution in [2.45, 2.75) is 20.8 Å². The maximum absolute atomic E-state index is 5.89. The highest BCUT2D eigenvalue weighted by Gasteiger charge is 1.96. The van der Waals surface area contributed by atoms with Crippen LogP contribution in [0, 0.1) is 6.92 Å². The minimum absolute atomic E-state index is 0.631. The number of aryl methyl sites for hydroxylation is 1. The van der Waals surface area contributed by atoms with Gasteiger partial charge in [-0.15, -0.1) is 0 Å². The summed E-state index contributed by atoms with van der Waals surface area (Å²) < 4.78 is 0. The van der Waals surface area contributed by atoms with Crippen LogP contribution in [0.15, 0.2) is 28.2 Å². The minimum Gasteiger partial charge on any atom is -0.229 e. The van der Waals surface area contributed by atoms with E-state index in [1.54, 1.807) is 7.05 Å². The van der Waals surface area contributed by atoms with Crippen LogP contribution in [0.25, 0.3) is 0 Å². The lowest BCUT2D eigenvalue weighted by atomic mass is 10.2. The largest absolute Gasteiger partial charge is 0.229 e. The van der Waals surface area contributed by atoms with Gasteiger partial charge in [0.25, 0.3) is 0 Å². The van der Waals surface area contributed by atoms with Gasteiger partial charge in [0.2, 0.25) is 0 Å². The van der Waals surface area contributed by atoms with Gasteiger partial charge >= 0.3 is 0 Å². The average molecular weight is 211 g/mol. The monoisotopic (exact) mass is 210 g/mol. The van der Waals surface area contributed by atoms with Crippen LogP contribution in [-0.4, -0.2) is 13.1 Å². The summed E-state index contributed by atoms with van der Waals surface area (Å²) in [6, 6.07) is 8.14. The van der Waals surface area contributed by atoms with Gasteiger partial charge in [-0.25, -0.2) is 4.99 Å². The van der Waals surface area contributed by atoms with Crippen LogP contribution >= 0.6 is 11.6 Å². The molecule has 0 aliphatic rings. The second-order valence-corrected chi connectivity index (χ2v) is 2.80. The lowest BCUT2D eigenvalue weighted by Crippen LogP contribution is -1.72. The summed E-state index contributed by atoms with van der Waals surface area (Å²) in [5, 5.41) is 0.631. The van der Waals surface area contributed by atoms with Crippen molar-refractivity contribution in [1.29, 1.82) is 0 Å². The molecule has 3 heteroatoms. The molecule has 1 rings (SSSR count). The molecule has 1 aromatic carbocycles. The van der Waals surface area contributed by atoms with Crippen molar-refractivity contribution in [3.8, 4) is 0 Å². The predicted molar refractivity (Wildman–Crippen MR) is 63.0 cm³/mol. The summed E-state index contributed by atoms with van der Waals surface area (Å²) in [5.74, 6) is 0. The van der Waals surface area contributed by atoms with E-state index in [0.29, 0.717) is 10.7 Å². The predicted octanol–water partition coefficient (Wildman–Crippen LogP) is 4.11. The zero-order valence-electron chi connectivity index (χ0n) is 9.00. The lowest BCUT2D eigenvalue weighted by Gasteiger charge is -1.96. The highest BCUT2D eigenvalue weighted by Crippen LogP contribution is 2.24. The minimum atomic E-state index is 0.631. The molecule has 0 atom stereocenters. The Labute approximate surface area is 90.4 Å². The summed E-state index contributed by atoms with van der Waals surface area (Å²) in [4.78, 5) is 7.54. The highest BCUT2D eigenvalue weighted by atomic mass is 35.5. The maximum Gasteiger partial charge on any atom is 0.0946 e. The fourth-order valence-corrected chi connectivity index (χ4v) is 1.08. The van der Waals surface area contributed by atoms with Crippen molar-refractivity contribution < 1.29 is 0 Å². The van der Waals surface area contributed by atoms with Gasteiger partial charge in [-0.05, 0) is 24.6 Å². The summed E-state index contributed by atoms with van der Waals surface area (Å²) in [6.45, 7) is 5.98. The molecule has 0 unspecified atom stereocenters. The molecule has 0 radical (unpaired) electrons. The first-order chi connectivity index (χ1) is 6.74. The number of hydrogen-bond acceptors (Lipinski definition) is 2. The molecule has 0 spiro atoms. The Morgan fingerprint density at radius 3 is 2.43 bits per heavy atom. The first-order valence-corrected chi connectivity index (χ1v) is 4.92. The van der Waals surface area contributed by atoms with Crippen molar-refractivity contribution in [3.05, 3.63) is 28.8 Å². The number of halogens is 1. The highest BCUT2D eigenvalue weighted by molar-refractivity contribution is 6.33. The smallest absolute Gasteiger partial charge is 0.0946 e. The molecule has 0 bridgehead atoms. The van der Waals surface area contributed by atoms with E-state index in [0.717, 1.165) is 5.56 Å².